The molecule has 0 saturated carbocycles. The van der Waals surface area contributed by atoms with Crippen LogP contribution in [0.15, 0.2) is 21.2 Å². The van der Waals surface area contributed by atoms with Gasteiger partial charge in [-0.15, -0.1) is 0 Å². The van der Waals surface area contributed by atoms with Crippen molar-refractivity contribution in [1.29, 1.82) is 0 Å². The summed E-state index contributed by atoms with van der Waals surface area (Å²) in [4.78, 5) is 28.7. The summed E-state index contributed by atoms with van der Waals surface area (Å²) in [5.41, 5.74) is 4.82. The minimum absolute atomic E-state index is 0.00171. The number of hydrogen-bond donors (Lipinski definition) is 3. The van der Waals surface area contributed by atoms with Gasteiger partial charge in [-0.1, -0.05) is 16.9 Å². The van der Waals surface area contributed by atoms with Gasteiger partial charge in [-0.05, 0) is 6.92 Å². The molecule has 0 amide bonds. The number of H-pyrrole nitrogens is 1. The van der Waals surface area contributed by atoms with Gasteiger partial charge in [-0.2, -0.15) is 0 Å². The number of carbonyl (C=O) groups excluding carboxylic acids is 1. The molecule has 1 aromatic heterocycles. The number of aromatic amines is 1. The molecule has 0 saturated heterocycles. The standard InChI is InChI=1S/C9H12N4O4S/c1-2-17-8(15)5(13-16)4-18-9-11-6(10)3-7(14)12-9/h3,16H,2,4H2,1H3,(H3,10,11,12,14)/b13-5+. The molecule has 0 atom stereocenters. The van der Waals surface area contributed by atoms with Gasteiger partial charge in [-0.25, -0.2) is 9.78 Å². The van der Waals surface area contributed by atoms with E-state index in [1.807, 2.05) is 0 Å². The number of anilines is 1. The molecule has 0 unspecified atom stereocenters. The van der Waals surface area contributed by atoms with Gasteiger partial charge < -0.3 is 20.7 Å². The van der Waals surface area contributed by atoms with Crippen LogP contribution in [-0.2, 0) is 9.53 Å². The molecule has 0 bridgehead atoms. The van der Waals surface area contributed by atoms with Crippen LogP contribution in [0.3, 0.4) is 0 Å². The summed E-state index contributed by atoms with van der Waals surface area (Å²) in [7, 11) is 0. The van der Waals surface area contributed by atoms with Crippen LogP contribution in [0.4, 0.5) is 5.82 Å². The molecule has 1 heterocycles. The van der Waals surface area contributed by atoms with Crippen LogP contribution in [0.5, 0.6) is 0 Å². The Kier molecular flexibility index (Phi) is 5.18. The lowest BCUT2D eigenvalue weighted by atomic mass is 10.4. The number of hydrogen-bond acceptors (Lipinski definition) is 8. The van der Waals surface area contributed by atoms with Crippen LogP contribution in [-0.4, -0.2) is 39.2 Å². The van der Waals surface area contributed by atoms with Gasteiger partial charge in [0.15, 0.2) is 10.9 Å². The zero-order valence-electron chi connectivity index (χ0n) is 9.54. The topological polar surface area (TPSA) is 131 Å². The number of nitrogens with two attached hydrogens (primary N) is 1. The number of nitrogens with one attached hydrogen (secondary N) is 1. The summed E-state index contributed by atoms with van der Waals surface area (Å²) in [5.74, 6) is -0.652. The quantitative estimate of drug-likeness (QED) is 0.169. The summed E-state index contributed by atoms with van der Waals surface area (Å²) in [6.07, 6.45) is 0. The summed E-state index contributed by atoms with van der Waals surface area (Å²) in [5, 5.41) is 11.7. The maximum Gasteiger partial charge on any atom is 0.356 e. The van der Waals surface area contributed by atoms with E-state index in [9.17, 15) is 9.59 Å². The Morgan fingerprint density at radius 1 is 1.72 bits per heavy atom. The van der Waals surface area contributed by atoms with Crippen LogP contribution in [0.1, 0.15) is 6.92 Å². The highest BCUT2D eigenvalue weighted by molar-refractivity contribution is 7.99. The Morgan fingerprint density at radius 2 is 2.44 bits per heavy atom. The fourth-order valence-electron chi connectivity index (χ4n) is 1.00. The van der Waals surface area contributed by atoms with Gasteiger partial charge >= 0.3 is 5.97 Å². The van der Waals surface area contributed by atoms with Gasteiger partial charge in [0.25, 0.3) is 5.56 Å². The molecule has 18 heavy (non-hydrogen) atoms. The minimum atomic E-state index is -0.723. The number of ether oxygens (including phenoxy) is 1. The van der Waals surface area contributed by atoms with E-state index in [1.165, 1.54) is 0 Å². The summed E-state index contributed by atoms with van der Waals surface area (Å²) in [6.45, 7) is 1.81. The van der Waals surface area contributed by atoms with E-state index >= 15 is 0 Å². The van der Waals surface area contributed by atoms with Crippen molar-refractivity contribution < 1.29 is 14.7 Å². The SMILES string of the molecule is CCOC(=O)/C(CSc1nc(N)cc(=O)[nH]1)=N/O. The molecule has 0 aliphatic carbocycles. The number of esters is 1. The molecule has 0 aromatic carbocycles. The Bertz CT molecular complexity index is 514. The van der Waals surface area contributed by atoms with Gasteiger partial charge in [0.2, 0.25) is 0 Å². The van der Waals surface area contributed by atoms with Gasteiger partial charge in [0.05, 0.1) is 12.4 Å². The first-order valence-corrected chi connectivity index (χ1v) is 5.93. The molecule has 98 valence electrons. The second kappa shape index (κ2) is 6.64. The van der Waals surface area contributed by atoms with Crippen LogP contribution < -0.4 is 11.3 Å². The largest absolute Gasteiger partial charge is 0.461 e. The first-order valence-electron chi connectivity index (χ1n) is 4.94. The van der Waals surface area contributed by atoms with Gasteiger partial charge in [-0.3, -0.25) is 4.79 Å². The summed E-state index contributed by atoms with van der Waals surface area (Å²) < 4.78 is 4.67. The van der Waals surface area contributed by atoms with Crippen molar-refractivity contribution in [2.24, 2.45) is 5.16 Å². The smallest absolute Gasteiger partial charge is 0.356 e. The zero-order valence-corrected chi connectivity index (χ0v) is 10.4. The molecule has 0 spiro atoms. The predicted molar refractivity (Wildman–Crippen MR) is 65.8 cm³/mol. The van der Waals surface area contributed by atoms with Gasteiger partial charge in [0.1, 0.15) is 5.82 Å². The lowest BCUT2D eigenvalue weighted by Gasteiger charge is -2.03. The first-order chi connectivity index (χ1) is 8.56. The highest BCUT2D eigenvalue weighted by Gasteiger charge is 2.14. The number of nitrogen functional groups attached to an aromatic ring is 1. The van der Waals surface area contributed by atoms with Crippen molar-refractivity contribution in [2.45, 2.75) is 12.1 Å². The lowest BCUT2D eigenvalue weighted by molar-refractivity contribution is -0.135. The van der Waals surface area contributed by atoms with Crippen molar-refractivity contribution in [3.8, 4) is 0 Å². The molecule has 0 fully saturated rings. The van der Waals surface area contributed by atoms with E-state index in [1.54, 1.807) is 6.92 Å². The Hall–Kier alpha value is -2.03. The number of nitrogens with zero attached hydrogens (tertiary/aromatic N) is 2. The zero-order chi connectivity index (χ0) is 13.5. The number of oxime groups is 1. The Balaban J connectivity index is 2.69. The fraction of sp³-hybridized carbons (Fsp3) is 0.333. The molecule has 1 rings (SSSR count). The second-order valence-corrected chi connectivity index (χ2v) is 4.00. The maximum atomic E-state index is 11.3. The fourth-order valence-corrected chi connectivity index (χ4v) is 1.79. The monoisotopic (exact) mass is 272 g/mol. The van der Waals surface area contributed by atoms with E-state index < -0.39 is 11.5 Å². The first kappa shape index (κ1) is 14.0. The van der Waals surface area contributed by atoms with Crippen LogP contribution in [0.25, 0.3) is 0 Å². The summed E-state index contributed by atoms with van der Waals surface area (Å²) in [6, 6.07) is 1.14. The number of thioether (sulfide) groups is 1. The van der Waals surface area contributed by atoms with E-state index in [0.717, 1.165) is 17.8 Å². The molecule has 8 nitrogen and oxygen atoms in total. The van der Waals surface area contributed by atoms with Crippen LogP contribution >= 0.6 is 11.8 Å². The summed E-state index contributed by atoms with van der Waals surface area (Å²) >= 11 is 0.997. The molecular formula is C9H12N4O4S. The van der Waals surface area contributed by atoms with Crippen molar-refractivity contribution in [3.05, 3.63) is 16.4 Å². The number of carbonyl (C=O) groups is 1. The van der Waals surface area contributed by atoms with E-state index in [4.69, 9.17) is 10.9 Å². The molecule has 0 aliphatic heterocycles. The molecule has 9 heteroatoms. The predicted octanol–water partition coefficient (Wildman–Crippen LogP) is -0.162. The van der Waals surface area contributed by atoms with Crippen molar-refractivity contribution >= 4 is 29.3 Å². The highest BCUT2D eigenvalue weighted by atomic mass is 32.2. The molecule has 4 N–H and O–H groups in total. The van der Waals surface area contributed by atoms with E-state index in [0.29, 0.717) is 0 Å². The van der Waals surface area contributed by atoms with Crippen molar-refractivity contribution in [1.82, 2.24) is 9.97 Å². The third-order valence-corrected chi connectivity index (χ3v) is 2.60. The third-order valence-electron chi connectivity index (χ3n) is 1.72. The van der Waals surface area contributed by atoms with Crippen molar-refractivity contribution in [2.75, 3.05) is 18.1 Å². The van der Waals surface area contributed by atoms with Crippen LogP contribution in [0, 0.1) is 0 Å². The molecule has 0 radical (unpaired) electrons. The molecule has 0 aliphatic rings. The maximum absolute atomic E-state index is 11.3. The average molecular weight is 272 g/mol. The average Bonchev–Trinajstić information content (AvgIpc) is 2.29. The van der Waals surface area contributed by atoms with Gasteiger partial charge in [0, 0.05) is 6.07 Å². The lowest BCUT2D eigenvalue weighted by Crippen LogP contribution is -2.20. The second-order valence-electron chi connectivity index (χ2n) is 3.03. The third kappa shape index (κ3) is 4.09. The molecule has 1 aromatic rings. The highest BCUT2D eigenvalue weighted by Crippen LogP contribution is 2.12. The minimum Gasteiger partial charge on any atom is -0.461 e. The number of rotatable bonds is 5. The van der Waals surface area contributed by atoms with E-state index in [2.05, 4.69) is 19.9 Å². The normalized spacial score (nSPS) is 11.3. The Morgan fingerprint density at radius 3 is 3.00 bits per heavy atom. The number of aromatic nitrogens is 2. The Labute approximate surface area is 106 Å². The van der Waals surface area contributed by atoms with Crippen molar-refractivity contribution in [3.63, 3.8) is 0 Å². The van der Waals surface area contributed by atoms with Crippen LogP contribution in [0.2, 0.25) is 0 Å². The molecular weight excluding hydrogens is 260 g/mol. The van der Waals surface area contributed by atoms with E-state index in [-0.39, 0.29) is 29.0 Å².